The first-order valence-corrected chi connectivity index (χ1v) is 12.2. The molecule has 1 N–H and O–H groups in total. The zero-order chi connectivity index (χ0) is 23.1. The molecule has 1 aliphatic rings. The Hall–Kier alpha value is -2.84. The van der Waals surface area contributed by atoms with Gasteiger partial charge in [-0.3, -0.25) is 13.9 Å². The predicted octanol–water partition coefficient (Wildman–Crippen LogP) is 3.46. The highest BCUT2D eigenvalue weighted by Crippen LogP contribution is 2.30. The molecule has 0 unspecified atom stereocenters. The lowest BCUT2D eigenvalue weighted by Crippen LogP contribution is -2.32. The molecule has 1 fully saturated rings. The normalized spacial score (nSPS) is 13.8. The molecule has 3 rings (SSSR count). The smallest absolute Gasteiger partial charge is 0.264 e. The van der Waals surface area contributed by atoms with E-state index < -0.39 is 10.0 Å². The molecule has 0 aliphatic carbocycles. The van der Waals surface area contributed by atoms with Gasteiger partial charge in [0.25, 0.3) is 15.9 Å². The van der Waals surface area contributed by atoms with E-state index in [-0.39, 0.29) is 28.8 Å². The second-order valence-electron chi connectivity index (χ2n) is 7.40. The fourth-order valence-corrected chi connectivity index (χ4v) is 5.33. The van der Waals surface area contributed by atoms with Gasteiger partial charge in [-0.15, -0.1) is 6.58 Å². The molecule has 1 saturated heterocycles. The van der Waals surface area contributed by atoms with E-state index in [4.69, 9.17) is 11.6 Å². The van der Waals surface area contributed by atoms with Crippen LogP contribution in [0.1, 0.15) is 29.6 Å². The Bertz CT molecular complexity index is 1100. The summed E-state index contributed by atoms with van der Waals surface area (Å²) < 4.78 is 27.8. The van der Waals surface area contributed by atoms with Crippen molar-refractivity contribution in [3.8, 4) is 0 Å². The number of nitrogens with one attached hydrogen (secondary N) is 1. The number of carbonyl (C=O) groups is 2. The third kappa shape index (κ3) is 5.49. The van der Waals surface area contributed by atoms with E-state index in [1.165, 1.54) is 24.3 Å². The van der Waals surface area contributed by atoms with Crippen molar-refractivity contribution in [2.75, 3.05) is 30.5 Å². The standard InChI is InChI=1S/C23H26ClN3O4S/c1-2-14-27(21-11-4-3-10-20(21)24)32(30,31)19-9-5-8-18(17-19)23(29)25-13-7-16-26-15-6-12-22(26)28/h2-5,8-11,17H,1,6-7,12-16H2,(H,25,29). The number of carbonyl (C=O) groups excluding carboxylic acids is 2. The quantitative estimate of drug-likeness (QED) is 0.421. The summed E-state index contributed by atoms with van der Waals surface area (Å²) in [6, 6.07) is 12.5. The molecular formula is C23H26ClN3O4S. The lowest BCUT2D eigenvalue weighted by atomic mass is 10.2. The second-order valence-corrected chi connectivity index (χ2v) is 9.67. The van der Waals surface area contributed by atoms with Crippen molar-refractivity contribution in [3.05, 3.63) is 71.8 Å². The van der Waals surface area contributed by atoms with E-state index in [1.54, 1.807) is 35.2 Å². The van der Waals surface area contributed by atoms with Crippen LogP contribution in [0.2, 0.25) is 5.02 Å². The Morgan fingerprint density at radius 3 is 2.69 bits per heavy atom. The van der Waals surface area contributed by atoms with E-state index in [1.807, 2.05) is 0 Å². The molecule has 0 radical (unpaired) electrons. The first-order valence-electron chi connectivity index (χ1n) is 10.4. The number of hydrogen-bond donors (Lipinski definition) is 1. The van der Waals surface area contributed by atoms with Crippen LogP contribution in [0, 0.1) is 0 Å². The number of likely N-dealkylation sites (tertiary alicyclic amines) is 1. The lowest BCUT2D eigenvalue weighted by Gasteiger charge is -2.24. The average Bonchev–Trinajstić information content (AvgIpc) is 3.20. The molecule has 2 aromatic carbocycles. The minimum Gasteiger partial charge on any atom is -0.352 e. The van der Waals surface area contributed by atoms with Crippen molar-refractivity contribution in [3.63, 3.8) is 0 Å². The minimum absolute atomic E-state index is 0.0189. The molecular weight excluding hydrogens is 450 g/mol. The minimum atomic E-state index is -3.98. The van der Waals surface area contributed by atoms with Crippen LogP contribution in [0.3, 0.4) is 0 Å². The Morgan fingerprint density at radius 2 is 2.00 bits per heavy atom. The number of amides is 2. The summed E-state index contributed by atoms with van der Waals surface area (Å²) in [6.45, 7) is 5.42. The van der Waals surface area contributed by atoms with Crippen molar-refractivity contribution in [1.29, 1.82) is 0 Å². The number of halogens is 1. The molecule has 2 amide bonds. The average molecular weight is 476 g/mol. The van der Waals surface area contributed by atoms with Crippen molar-refractivity contribution in [1.82, 2.24) is 10.2 Å². The van der Waals surface area contributed by atoms with Gasteiger partial charge in [0.2, 0.25) is 5.91 Å². The molecule has 0 atom stereocenters. The Kier molecular flexibility index (Phi) is 7.93. The van der Waals surface area contributed by atoms with Crippen LogP contribution in [-0.2, 0) is 14.8 Å². The third-order valence-corrected chi connectivity index (χ3v) is 7.26. The summed E-state index contributed by atoms with van der Waals surface area (Å²) in [7, 11) is -3.98. The maximum absolute atomic E-state index is 13.3. The van der Waals surface area contributed by atoms with Crippen molar-refractivity contribution in [2.24, 2.45) is 0 Å². The Morgan fingerprint density at radius 1 is 1.22 bits per heavy atom. The molecule has 0 spiro atoms. The second kappa shape index (κ2) is 10.7. The van der Waals surface area contributed by atoms with Gasteiger partial charge in [-0.25, -0.2) is 8.42 Å². The van der Waals surface area contributed by atoms with Crippen LogP contribution in [-0.4, -0.2) is 51.3 Å². The molecule has 170 valence electrons. The number of nitrogens with zero attached hydrogens (tertiary/aromatic N) is 2. The number of anilines is 1. The van der Waals surface area contributed by atoms with Gasteiger partial charge in [-0.05, 0) is 43.2 Å². The molecule has 1 heterocycles. The Balaban J connectivity index is 1.71. The van der Waals surface area contributed by atoms with Crippen LogP contribution in [0.4, 0.5) is 5.69 Å². The van der Waals surface area contributed by atoms with Gasteiger partial charge in [0, 0.05) is 31.6 Å². The lowest BCUT2D eigenvalue weighted by molar-refractivity contribution is -0.127. The highest BCUT2D eigenvalue weighted by Gasteiger charge is 2.26. The summed E-state index contributed by atoms with van der Waals surface area (Å²) in [5.41, 5.74) is 0.571. The summed E-state index contributed by atoms with van der Waals surface area (Å²) >= 11 is 6.23. The highest BCUT2D eigenvalue weighted by molar-refractivity contribution is 7.92. The topological polar surface area (TPSA) is 86.8 Å². The molecule has 1 aliphatic heterocycles. The van der Waals surface area contributed by atoms with E-state index in [0.717, 1.165) is 17.3 Å². The summed E-state index contributed by atoms with van der Waals surface area (Å²) in [5.74, 6) is -0.223. The molecule has 32 heavy (non-hydrogen) atoms. The zero-order valence-electron chi connectivity index (χ0n) is 17.7. The van der Waals surface area contributed by atoms with Gasteiger partial charge < -0.3 is 10.2 Å². The molecule has 0 bridgehead atoms. The number of para-hydroxylation sites is 1. The van der Waals surface area contributed by atoms with Crippen LogP contribution >= 0.6 is 11.6 Å². The van der Waals surface area contributed by atoms with Gasteiger partial charge in [-0.2, -0.15) is 0 Å². The molecule has 0 saturated carbocycles. The van der Waals surface area contributed by atoms with E-state index >= 15 is 0 Å². The summed E-state index contributed by atoms with van der Waals surface area (Å²) in [6.07, 6.45) is 3.58. The maximum Gasteiger partial charge on any atom is 0.264 e. The fourth-order valence-electron chi connectivity index (χ4n) is 3.54. The summed E-state index contributed by atoms with van der Waals surface area (Å²) in [4.78, 5) is 26.0. The Labute approximate surface area is 193 Å². The van der Waals surface area contributed by atoms with Gasteiger partial charge in [-0.1, -0.05) is 35.9 Å². The van der Waals surface area contributed by atoms with Crippen molar-refractivity contribution in [2.45, 2.75) is 24.2 Å². The maximum atomic E-state index is 13.3. The van der Waals surface area contributed by atoms with Crippen LogP contribution in [0.25, 0.3) is 0 Å². The molecule has 7 nitrogen and oxygen atoms in total. The monoisotopic (exact) mass is 475 g/mol. The molecule has 9 heteroatoms. The summed E-state index contributed by atoms with van der Waals surface area (Å²) in [5, 5.41) is 3.08. The number of hydrogen-bond acceptors (Lipinski definition) is 4. The van der Waals surface area contributed by atoms with Gasteiger partial charge in [0.1, 0.15) is 0 Å². The number of rotatable bonds is 10. The van der Waals surface area contributed by atoms with E-state index in [0.29, 0.717) is 36.6 Å². The number of sulfonamides is 1. The SMILES string of the molecule is C=CCN(c1ccccc1Cl)S(=O)(=O)c1cccc(C(=O)NCCCN2CCCC2=O)c1. The zero-order valence-corrected chi connectivity index (χ0v) is 19.2. The first kappa shape index (κ1) is 23.8. The van der Waals surface area contributed by atoms with Gasteiger partial charge in [0.15, 0.2) is 0 Å². The van der Waals surface area contributed by atoms with E-state index in [9.17, 15) is 18.0 Å². The van der Waals surface area contributed by atoms with Crippen molar-refractivity contribution >= 4 is 39.1 Å². The first-order chi connectivity index (χ1) is 15.3. The molecule has 0 aromatic heterocycles. The van der Waals surface area contributed by atoms with Gasteiger partial charge >= 0.3 is 0 Å². The third-order valence-electron chi connectivity index (χ3n) is 5.16. The van der Waals surface area contributed by atoms with Gasteiger partial charge in [0.05, 0.1) is 22.2 Å². The van der Waals surface area contributed by atoms with Crippen molar-refractivity contribution < 1.29 is 18.0 Å². The van der Waals surface area contributed by atoms with Crippen LogP contribution in [0.5, 0.6) is 0 Å². The molecule has 2 aromatic rings. The number of benzene rings is 2. The van der Waals surface area contributed by atoms with E-state index in [2.05, 4.69) is 11.9 Å². The predicted molar refractivity (Wildman–Crippen MR) is 125 cm³/mol. The van der Waals surface area contributed by atoms with Crippen LogP contribution < -0.4 is 9.62 Å². The highest BCUT2D eigenvalue weighted by atomic mass is 35.5. The van der Waals surface area contributed by atoms with Crippen LogP contribution in [0.15, 0.2) is 66.1 Å². The largest absolute Gasteiger partial charge is 0.352 e. The fraction of sp³-hybridized carbons (Fsp3) is 0.304.